The van der Waals surface area contributed by atoms with E-state index in [1.54, 1.807) is 0 Å². The van der Waals surface area contributed by atoms with Crippen LogP contribution in [0.15, 0.2) is 0 Å². The van der Waals surface area contributed by atoms with Crippen LogP contribution in [-0.4, -0.2) is 140 Å². The minimum atomic E-state index is -1.78. The highest BCUT2D eigenvalue weighted by Gasteiger charge is 2.51. The number of ether oxygens (including phenoxy) is 4. The predicted molar refractivity (Wildman–Crippen MR) is 328 cm³/mol. The van der Waals surface area contributed by atoms with Crippen molar-refractivity contribution in [2.24, 2.45) is 0 Å². The second-order valence-corrected chi connectivity index (χ2v) is 25.0. The summed E-state index contributed by atoms with van der Waals surface area (Å²) in [5.41, 5.74) is 0. The summed E-state index contributed by atoms with van der Waals surface area (Å²) >= 11 is 0. The molecule has 482 valence electrons. The summed E-state index contributed by atoms with van der Waals surface area (Å²) in [5.74, 6) is -0.198. The van der Waals surface area contributed by atoms with E-state index in [1.165, 1.54) is 250 Å². The van der Waals surface area contributed by atoms with E-state index in [2.05, 4.69) is 19.2 Å². The van der Waals surface area contributed by atoms with Gasteiger partial charge in [0, 0.05) is 6.42 Å². The molecule has 2 aliphatic rings. The molecule has 14 nitrogen and oxygen atoms in total. The smallest absolute Gasteiger partial charge is 0.220 e. The summed E-state index contributed by atoms with van der Waals surface area (Å²) in [5, 5.41) is 87.4. The van der Waals surface area contributed by atoms with Crippen LogP contribution in [0.2, 0.25) is 0 Å². The lowest BCUT2D eigenvalue weighted by Gasteiger charge is -2.46. The first kappa shape index (κ1) is 76.1. The molecule has 0 spiro atoms. The molecule has 0 bridgehead atoms. The first-order valence-corrected chi connectivity index (χ1v) is 34.8. The minimum absolute atomic E-state index is 0.198. The zero-order chi connectivity index (χ0) is 58.8. The molecule has 0 aromatic carbocycles. The quantitative estimate of drug-likeness (QED) is 0.0259. The summed E-state index contributed by atoms with van der Waals surface area (Å²) in [6.07, 6.45) is 45.6. The summed E-state index contributed by atoms with van der Waals surface area (Å²) in [4.78, 5) is 13.3. The van der Waals surface area contributed by atoms with Gasteiger partial charge in [0.25, 0.3) is 0 Å². The Morgan fingerprint density at radius 2 is 0.704 bits per heavy atom. The minimum Gasteiger partial charge on any atom is -0.394 e. The first-order chi connectivity index (χ1) is 39.6. The number of rotatable bonds is 58. The highest BCUT2D eigenvalue weighted by Crippen LogP contribution is 2.30. The number of nitrogens with one attached hydrogen (secondary N) is 1. The van der Waals surface area contributed by atoms with Crippen molar-refractivity contribution in [2.75, 3.05) is 19.8 Å². The van der Waals surface area contributed by atoms with E-state index < -0.39 is 86.8 Å². The van der Waals surface area contributed by atoms with Gasteiger partial charge in [0.1, 0.15) is 48.8 Å². The maximum Gasteiger partial charge on any atom is 0.220 e. The van der Waals surface area contributed by atoms with Gasteiger partial charge in [-0.3, -0.25) is 4.79 Å². The van der Waals surface area contributed by atoms with Gasteiger partial charge in [-0.25, -0.2) is 0 Å². The lowest BCUT2D eigenvalue weighted by Crippen LogP contribution is -2.65. The van der Waals surface area contributed by atoms with E-state index in [4.69, 9.17) is 18.9 Å². The van der Waals surface area contributed by atoms with Gasteiger partial charge in [0.05, 0.1) is 32.0 Å². The number of carbonyl (C=O) groups is 1. The van der Waals surface area contributed by atoms with Gasteiger partial charge in [-0.15, -0.1) is 0 Å². The molecule has 2 rings (SSSR count). The lowest BCUT2D eigenvalue weighted by atomic mass is 9.97. The van der Waals surface area contributed by atoms with Crippen molar-refractivity contribution in [1.29, 1.82) is 0 Å². The van der Waals surface area contributed by atoms with Gasteiger partial charge in [-0.1, -0.05) is 309 Å². The molecule has 2 heterocycles. The molecular formula is C67H131NO13. The van der Waals surface area contributed by atoms with E-state index in [0.717, 1.165) is 51.4 Å². The third-order valence-corrected chi connectivity index (χ3v) is 17.6. The number of hydrogen-bond donors (Lipinski definition) is 9. The van der Waals surface area contributed by atoms with Crippen molar-refractivity contribution in [3.05, 3.63) is 0 Å². The Morgan fingerprint density at radius 1 is 0.395 bits per heavy atom. The SMILES string of the molecule is CCCCCCCCCCCCCCCCCCCCCCCCCCCCCCCCCCC(=O)NC(COC1OC(CO)C(OC2OC(CO)C(O)C(O)C2O)C(O)C1O)C(O)CCCCCCCCCCCCCCCCC. The van der Waals surface area contributed by atoms with Crippen LogP contribution in [0.3, 0.4) is 0 Å². The number of hydrogen-bond acceptors (Lipinski definition) is 13. The highest BCUT2D eigenvalue weighted by molar-refractivity contribution is 5.76. The molecule has 12 unspecified atom stereocenters. The molecule has 14 heteroatoms. The largest absolute Gasteiger partial charge is 0.394 e. The second kappa shape index (κ2) is 53.2. The molecule has 0 saturated carbocycles. The van der Waals surface area contributed by atoms with Gasteiger partial charge in [-0.2, -0.15) is 0 Å². The normalized spacial score (nSPS) is 24.0. The number of amides is 1. The fourth-order valence-corrected chi connectivity index (χ4v) is 12.0. The van der Waals surface area contributed by atoms with Crippen LogP contribution in [0.4, 0.5) is 0 Å². The maximum atomic E-state index is 13.3. The monoisotopic (exact) mass is 1160 g/mol. The molecule has 9 N–H and O–H groups in total. The number of aliphatic hydroxyl groups excluding tert-OH is 8. The van der Waals surface area contributed by atoms with E-state index in [-0.39, 0.29) is 12.5 Å². The standard InChI is InChI=1S/C67H131NO13/c1-3-5-7-9-11-13-15-17-19-20-21-22-23-24-25-26-27-28-29-30-31-32-33-34-35-37-39-41-43-45-47-49-51-59(72)68-55(56(71)50-48-46-44-42-40-38-36-18-16-14-12-10-8-6-4-2)54-78-66-64(77)62(75)65(58(53-70)80-66)81-67-63(76)61(74)60(73)57(52-69)79-67/h55-58,60-67,69-71,73-77H,3-54H2,1-2H3,(H,68,72). The molecule has 0 aliphatic carbocycles. The van der Waals surface area contributed by atoms with Gasteiger partial charge in [-0.05, 0) is 12.8 Å². The van der Waals surface area contributed by atoms with Crippen molar-refractivity contribution in [3.63, 3.8) is 0 Å². The molecule has 2 saturated heterocycles. The van der Waals surface area contributed by atoms with Crippen molar-refractivity contribution in [2.45, 2.75) is 402 Å². The summed E-state index contributed by atoms with van der Waals surface area (Å²) in [6, 6.07) is -0.823. The topological polar surface area (TPSA) is 228 Å². The summed E-state index contributed by atoms with van der Waals surface area (Å²) in [7, 11) is 0. The van der Waals surface area contributed by atoms with Crippen LogP contribution in [0, 0.1) is 0 Å². The van der Waals surface area contributed by atoms with Gasteiger partial charge in [0.15, 0.2) is 12.6 Å². The van der Waals surface area contributed by atoms with Crippen LogP contribution in [0.5, 0.6) is 0 Å². The molecule has 1 amide bonds. The molecule has 0 radical (unpaired) electrons. The van der Waals surface area contributed by atoms with Crippen LogP contribution in [-0.2, 0) is 23.7 Å². The Balaban J connectivity index is 1.61. The molecular weight excluding hydrogens is 1030 g/mol. The Kier molecular flexibility index (Phi) is 50.0. The van der Waals surface area contributed by atoms with Crippen molar-refractivity contribution in [1.82, 2.24) is 5.32 Å². The van der Waals surface area contributed by atoms with E-state index in [9.17, 15) is 45.6 Å². The van der Waals surface area contributed by atoms with Gasteiger partial charge < -0.3 is 65.1 Å². The van der Waals surface area contributed by atoms with E-state index in [0.29, 0.717) is 12.8 Å². The molecule has 12 atom stereocenters. The third-order valence-electron chi connectivity index (χ3n) is 17.6. The first-order valence-electron chi connectivity index (χ1n) is 34.8. The van der Waals surface area contributed by atoms with Crippen LogP contribution in [0.1, 0.15) is 328 Å². The fourth-order valence-electron chi connectivity index (χ4n) is 12.0. The Labute approximate surface area is 495 Å². The molecule has 2 aliphatic heterocycles. The van der Waals surface area contributed by atoms with Crippen molar-refractivity contribution in [3.8, 4) is 0 Å². The average molecular weight is 1160 g/mol. The lowest BCUT2D eigenvalue weighted by molar-refractivity contribution is -0.359. The molecule has 81 heavy (non-hydrogen) atoms. The number of carbonyl (C=O) groups excluding carboxylic acids is 1. The summed E-state index contributed by atoms with van der Waals surface area (Å²) < 4.78 is 22.9. The molecule has 2 fully saturated rings. The third kappa shape index (κ3) is 38.0. The Hall–Kier alpha value is -1.01. The fraction of sp³-hybridized carbons (Fsp3) is 0.985. The van der Waals surface area contributed by atoms with E-state index in [1.807, 2.05) is 0 Å². The van der Waals surface area contributed by atoms with E-state index >= 15 is 0 Å². The Morgan fingerprint density at radius 3 is 1.05 bits per heavy atom. The van der Waals surface area contributed by atoms with Crippen LogP contribution in [0.25, 0.3) is 0 Å². The predicted octanol–water partition coefficient (Wildman–Crippen LogP) is 13.6. The number of unbranched alkanes of at least 4 members (excludes halogenated alkanes) is 45. The van der Waals surface area contributed by atoms with Gasteiger partial charge >= 0.3 is 0 Å². The van der Waals surface area contributed by atoms with Crippen molar-refractivity contribution >= 4 is 5.91 Å². The van der Waals surface area contributed by atoms with Crippen molar-refractivity contribution < 1.29 is 64.6 Å². The van der Waals surface area contributed by atoms with Crippen LogP contribution < -0.4 is 5.32 Å². The highest BCUT2D eigenvalue weighted by atomic mass is 16.7. The zero-order valence-corrected chi connectivity index (χ0v) is 52.3. The molecule has 0 aromatic rings. The molecule has 0 aromatic heterocycles. The second-order valence-electron chi connectivity index (χ2n) is 25.0. The number of aliphatic hydroxyl groups is 8. The average Bonchev–Trinajstić information content (AvgIpc) is 3.63. The maximum absolute atomic E-state index is 13.3. The van der Waals surface area contributed by atoms with Crippen LogP contribution >= 0.6 is 0 Å². The zero-order valence-electron chi connectivity index (χ0n) is 52.3. The van der Waals surface area contributed by atoms with Gasteiger partial charge in [0.2, 0.25) is 5.91 Å². The Bertz CT molecular complexity index is 1360. The summed E-state index contributed by atoms with van der Waals surface area (Å²) in [6.45, 7) is 2.91.